The molecule has 5 nitrogen and oxygen atoms in total. The molecular formula is C12H8Br2N4O. The van der Waals surface area contributed by atoms with Crippen molar-refractivity contribution in [2.75, 3.05) is 5.32 Å². The van der Waals surface area contributed by atoms with Crippen molar-refractivity contribution in [1.82, 2.24) is 9.78 Å². The van der Waals surface area contributed by atoms with Gasteiger partial charge in [-0.05, 0) is 34.1 Å². The fourth-order valence-electron chi connectivity index (χ4n) is 1.51. The molecule has 1 amide bonds. The molecule has 1 aromatic carbocycles. The van der Waals surface area contributed by atoms with E-state index in [2.05, 4.69) is 42.3 Å². The van der Waals surface area contributed by atoms with Crippen LogP contribution in [0.4, 0.5) is 5.82 Å². The Morgan fingerprint density at radius 2 is 2.21 bits per heavy atom. The molecule has 0 fully saturated rings. The highest BCUT2D eigenvalue weighted by molar-refractivity contribution is 9.11. The molecule has 0 aliphatic rings. The number of anilines is 1. The Morgan fingerprint density at radius 3 is 2.89 bits per heavy atom. The molecule has 7 heteroatoms. The molecule has 0 aliphatic carbocycles. The summed E-state index contributed by atoms with van der Waals surface area (Å²) in [5.41, 5.74) is 0.793. The van der Waals surface area contributed by atoms with E-state index in [0.29, 0.717) is 21.4 Å². The maximum absolute atomic E-state index is 12.2. The fraction of sp³-hybridized carbons (Fsp3) is 0.0833. The second-order valence-corrected chi connectivity index (χ2v) is 5.49. The number of carbonyl (C=O) groups excluding carboxylic acids is 1. The molecule has 1 heterocycles. The number of nitrogens with zero attached hydrogens (tertiary/aromatic N) is 3. The zero-order valence-corrected chi connectivity index (χ0v) is 13.0. The fourth-order valence-corrected chi connectivity index (χ4v) is 2.30. The van der Waals surface area contributed by atoms with E-state index in [1.54, 1.807) is 19.2 Å². The highest BCUT2D eigenvalue weighted by Crippen LogP contribution is 2.23. The molecule has 0 radical (unpaired) electrons. The molecule has 2 rings (SSSR count). The molecule has 0 atom stereocenters. The highest BCUT2D eigenvalue weighted by Gasteiger charge is 2.15. The Balaban J connectivity index is 2.34. The van der Waals surface area contributed by atoms with Crippen LogP contribution < -0.4 is 5.32 Å². The number of aryl methyl sites for hydroxylation is 1. The van der Waals surface area contributed by atoms with Gasteiger partial charge in [0.1, 0.15) is 17.5 Å². The first kappa shape index (κ1) is 13.8. The molecule has 0 spiro atoms. The number of rotatable bonds is 2. The van der Waals surface area contributed by atoms with Crippen molar-refractivity contribution in [1.29, 1.82) is 5.26 Å². The van der Waals surface area contributed by atoms with Gasteiger partial charge in [0.25, 0.3) is 5.91 Å². The summed E-state index contributed by atoms with van der Waals surface area (Å²) in [4.78, 5) is 12.2. The quantitative estimate of drug-likeness (QED) is 0.866. The van der Waals surface area contributed by atoms with Gasteiger partial charge < -0.3 is 5.32 Å². The van der Waals surface area contributed by atoms with E-state index in [1.807, 2.05) is 12.1 Å². The summed E-state index contributed by atoms with van der Waals surface area (Å²) < 4.78 is 2.92. The van der Waals surface area contributed by atoms with Crippen LogP contribution in [-0.4, -0.2) is 15.7 Å². The summed E-state index contributed by atoms with van der Waals surface area (Å²) in [6, 6.07) is 7.27. The molecule has 1 N–H and O–H groups in total. The number of nitrogens with one attached hydrogen (secondary N) is 1. The van der Waals surface area contributed by atoms with Crippen molar-refractivity contribution in [2.24, 2.45) is 7.05 Å². The zero-order chi connectivity index (χ0) is 14.0. The maximum atomic E-state index is 12.2. The predicted molar refractivity (Wildman–Crippen MR) is 77.7 cm³/mol. The summed E-state index contributed by atoms with van der Waals surface area (Å²) >= 11 is 6.63. The maximum Gasteiger partial charge on any atom is 0.258 e. The van der Waals surface area contributed by atoms with Crippen LogP contribution in [0, 0.1) is 11.3 Å². The van der Waals surface area contributed by atoms with E-state index in [-0.39, 0.29) is 5.91 Å². The second-order valence-electron chi connectivity index (χ2n) is 3.72. The Hall–Kier alpha value is -1.65. The Morgan fingerprint density at radius 1 is 1.47 bits per heavy atom. The van der Waals surface area contributed by atoms with Crippen LogP contribution in [0.3, 0.4) is 0 Å². The van der Waals surface area contributed by atoms with Crippen LogP contribution in [0.15, 0.2) is 33.3 Å². The normalized spacial score (nSPS) is 10.0. The molecule has 96 valence electrons. The van der Waals surface area contributed by atoms with Crippen molar-refractivity contribution < 1.29 is 4.79 Å². The molecule has 2 aromatic rings. The van der Waals surface area contributed by atoms with Crippen LogP contribution in [0.25, 0.3) is 0 Å². The summed E-state index contributed by atoms with van der Waals surface area (Å²) in [6.07, 6.45) is 1.41. The second kappa shape index (κ2) is 5.55. The van der Waals surface area contributed by atoms with Gasteiger partial charge in [-0.25, -0.2) is 0 Å². The van der Waals surface area contributed by atoms with Crippen LogP contribution >= 0.6 is 31.9 Å². The first-order valence-electron chi connectivity index (χ1n) is 5.21. The van der Waals surface area contributed by atoms with Gasteiger partial charge in [-0.15, -0.1) is 0 Å². The van der Waals surface area contributed by atoms with Gasteiger partial charge in [-0.1, -0.05) is 15.9 Å². The minimum Gasteiger partial charge on any atom is -0.306 e. The van der Waals surface area contributed by atoms with Crippen molar-refractivity contribution in [3.8, 4) is 6.07 Å². The van der Waals surface area contributed by atoms with E-state index in [1.165, 1.54) is 10.9 Å². The third kappa shape index (κ3) is 2.85. The van der Waals surface area contributed by atoms with Gasteiger partial charge in [0, 0.05) is 16.0 Å². The van der Waals surface area contributed by atoms with Crippen LogP contribution in [0.5, 0.6) is 0 Å². The molecule has 0 unspecified atom stereocenters. The van der Waals surface area contributed by atoms with Crippen LogP contribution in [0.1, 0.15) is 15.9 Å². The number of benzene rings is 1. The zero-order valence-electron chi connectivity index (χ0n) is 9.82. The molecular weight excluding hydrogens is 376 g/mol. The smallest absolute Gasteiger partial charge is 0.258 e. The van der Waals surface area contributed by atoms with E-state index in [0.717, 1.165) is 4.47 Å². The number of aromatic nitrogens is 2. The lowest BCUT2D eigenvalue weighted by Crippen LogP contribution is -2.16. The number of halogens is 2. The molecule has 0 aliphatic heterocycles. The van der Waals surface area contributed by atoms with Gasteiger partial charge >= 0.3 is 0 Å². The Kier molecular flexibility index (Phi) is 4.02. The third-order valence-corrected chi connectivity index (χ3v) is 3.65. The number of amides is 1. The lowest BCUT2D eigenvalue weighted by molar-refractivity contribution is 0.102. The number of carbonyl (C=O) groups is 1. The van der Waals surface area contributed by atoms with Gasteiger partial charge in [-0.3, -0.25) is 9.48 Å². The lowest BCUT2D eigenvalue weighted by Gasteiger charge is -2.08. The summed E-state index contributed by atoms with van der Waals surface area (Å²) in [7, 11) is 1.66. The number of hydrogen-bond acceptors (Lipinski definition) is 3. The van der Waals surface area contributed by atoms with Gasteiger partial charge in [-0.2, -0.15) is 10.4 Å². The summed E-state index contributed by atoms with van der Waals surface area (Å²) in [5, 5.41) is 15.6. The number of hydrogen-bond donors (Lipinski definition) is 1. The van der Waals surface area contributed by atoms with Gasteiger partial charge in [0.2, 0.25) is 0 Å². The molecule has 0 bridgehead atoms. The van der Waals surface area contributed by atoms with E-state index >= 15 is 0 Å². The first-order chi connectivity index (χ1) is 9.02. The third-order valence-electron chi connectivity index (χ3n) is 2.46. The first-order valence-corrected chi connectivity index (χ1v) is 6.80. The largest absolute Gasteiger partial charge is 0.306 e. The predicted octanol–water partition coefficient (Wildman–Crippen LogP) is 3.07. The minimum atomic E-state index is -0.312. The molecule has 1 aromatic heterocycles. The number of nitriles is 1. The molecule has 0 saturated carbocycles. The lowest BCUT2D eigenvalue weighted by atomic mass is 10.2. The van der Waals surface area contributed by atoms with E-state index in [4.69, 9.17) is 5.26 Å². The minimum absolute atomic E-state index is 0.312. The molecule has 0 saturated heterocycles. The van der Waals surface area contributed by atoms with Gasteiger partial charge in [0.05, 0.1) is 11.8 Å². The standard InChI is InChI=1S/C12H8Br2N4O/c1-18-11(7(5-15)6-16-18)17-12(19)9-4-8(13)2-3-10(9)14/h2-4,6H,1H3,(H,17,19). The topological polar surface area (TPSA) is 70.7 Å². The van der Waals surface area contributed by atoms with Crippen molar-refractivity contribution >= 4 is 43.6 Å². The van der Waals surface area contributed by atoms with Crippen molar-refractivity contribution in [3.63, 3.8) is 0 Å². The highest BCUT2D eigenvalue weighted by atomic mass is 79.9. The van der Waals surface area contributed by atoms with Crippen LogP contribution in [0.2, 0.25) is 0 Å². The SMILES string of the molecule is Cn1ncc(C#N)c1NC(=O)c1cc(Br)ccc1Br. The average Bonchev–Trinajstić information content (AvgIpc) is 2.73. The van der Waals surface area contributed by atoms with Crippen LogP contribution in [-0.2, 0) is 7.05 Å². The van der Waals surface area contributed by atoms with E-state index in [9.17, 15) is 4.79 Å². The summed E-state index contributed by atoms with van der Waals surface area (Å²) in [5.74, 6) is 0.0626. The Bertz CT molecular complexity index is 688. The summed E-state index contributed by atoms with van der Waals surface area (Å²) in [6.45, 7) is 0. The Labute approximate surface area is 126 Å². The average molecular weight is 384 g/mol. The van der Waals surface area contributed by atoms with Gasteiger partial charge in [0.15, 0.2) is 0 Å². The monoisotopic (exact) mass is 382 g/mol. The van der Waals surface area contributed by atoms with E-state index < -0.39 is 0 Å². The molecule has 19 heavy (non-hydrogen) atoms. The van der Waals surface area contributed by atoms with Crippen molar-refractivity contribution in [2.45, 2.75) is 0 Å². The van der Waals surface area contributed by atoms with Crippen molar-refractivity contribution in [3.05, 3.63) is 44.5 Å².